The summed E-state index contributed by atoms with van der Waals surface area (Å²) >= 11 is 0. The van der Waals surface area contributed by atoms with E-state index in [2.05, 4.69) is 15.0 Å². The Morgan fingerprint density at radius 1 is 1.17 bits per heavy atom. The maximum absolute atomic E-state index is 13.0. The summed E-state index contributed by atoms with van der Waals surface area (Å²) in [5.74, 6) is -4.48. The number of carbonyl (C=O) groups is 2. The van der Waals surface area contributed by atoms with Gasteiger partial charge in [-0.1, -0.05) is 6.07 Å². The summed E-state index contributed by atoms with van der Waals surface area (Å²) in [6.45, 7) is 0.686. The molecule has 1 atom stereocenters. The molecule has 14 nitrogen and oxygen atoms in total. The van der Waals surface area contributed by atoms with Crippen molar-refractivity contribution in [2.24, 2.45) is 22.4 Å². The van der Waals surface area contributed by atoms with E-state index in [9.17, 15) is 36.0 Å². The molecule has 0 aromatic carbocycles. The predicted molar refractivity (Wildman–Crippen MR) is 116 cm³/mol. The van der Waals surface area contributed by atoms with Crippen LogP contribution >= 0.6 is 0 Å². The Kier molecular flexibility index (Phi) is 8.14. The number of nitrogens with one attached hydrogen (secondary N) is 1. The number of nitrogens with zero attached hydrogens (tertiary/aromatic N) is 3. The predicted octanol–water partition coefficient (Wildman–Crippen LogP) is -1.10. The molecule has 7 N–H and O–H groups in total. The fourth-order valence-electron chi connectivity index (χ4n) is 2.68. The van der Waals surface area contributed by atoms with Gasteiger partial charge in [0, 0.05) is 12.6 Å². The average molecular weight is 535 g/mol. The number of primary amides is 1. The molecular weight excluding hydrogens is 515 g/mol. The summed E-state index contributed by atoms with van der Waals surface area (Å²) in [6, 6.07) is 5.54. The Bertz CT molecular complexity index is 1330. The maximum Gasteiger partial charge on any atom is 0.493 e. The van der Waals surface area contributed by atoms with Gasteiger partial charge in [0.25, 0.3) is 10.0 Å². The van der Waals surface area contributed by atoms with E-state index in [1.807, 2.05) is 4.72 Å². The van der Waals surface area contributed by atoms with Crippen molar-refractivity contribution < 1.29 is 40.9 Å². The van der Waals surface area contributed by atoms with Gasteiger partial charge in [-0.2, -0.15) is 21.6 Å². The van der Waals surface area contributed by atoms with Gasteiger partial charge < -0.3 is 26.9 Å². The molecule has 2 aromatic heterocycles. The summed E-state index contributed by atoms with van der Waals surface area (Å²) in [5.41, 5.74) is 10.6. The Morgan fingerprint density at radius 2 is 1.83 bits per heavy atom. The molecule has 0 saturated heterocycles. The molecule has 1 amide bonds. The van der Waals surface area contributed by atoms with E-state index >= 15 is 0 Å². The summed E-state index contributed by atoms with van der Waals surface area (Å²) in [4.78, 5) is 49.4. The van der Waals surface area contributed by atoms with Crippen molar-refractivity contribution in [3.63, 3.8) is 0 Å². The minimum absolute atomic E-state index is 0.183. The van der Waals surface area contributed by atoms with E-state index in [4.69, 9.17) is 22.0 Å². The van der Waals surface area contributed by atoms with Crippen molar-refractivity contribution in [2.75, 3.05) is 11.3 Å². The van der Waals surface area contributed by atoms with Gasteiger partial charge in [-0.25, -0.2) is 9.78 Å². The largest absolute Gasteiger partial charge is 0.493 e. The number of hydrogen-bond donors (Lipinski definition) is 4. The topological polar surface area (TPSA) is 224 Å². The smallest absolute Gasteiger partial charge is 0.393 e. The second-order valence-electron chi connectivity index (χ2n) is 7.18. The molecule has 2 rings (SSSR count). The number of aromatic nitrogens is 2. The van der Waals surface area contributed by atoms with Crippen LogP contribution in [0.2, 0.25) is 0 Å². The number of pyridine rings is 2. The van der Waals surface area contributed by atoms with Crippen LogP contribution in [0.1, 0.15) is 19.0 Å². The second kappa shape index (κ2) is 10.5. The number of carbonyl (C=O) groups excluding carboxylic acids is 2. The van der Waals surface area contributed by atoms with E-state index in [0.29, 0.717) is 0 Å². The Labute approximate surface area is 200 Å². The first-order valence-corrected chi connectivity index (χ1v) is 11.1. The lowest BCUT2D eigenvalue weighted by atomic mass is 9.82. The van der Waals surface area contributed by atoms with Gasteiger partial charge >= 0.3 is 17.7 Å². The van der Waals surface area contributed by atoms with E-state index < -0.39 is 74.4 Å². The van der Waals surface area contributed by atoms with Crippen LogP contribution in [0.25, 0.3) is 0 Å². The van der Waals surface area contributed by atoms with Crippen LogP contribution in [0.3, 0.4) is 0 Å². The lowest BCUT2D eigenvalue weighted by molar-refractivity contribution is -0.200. The molecule has 36 heavy (non-hydrogen) atoms. The second-order valence-corrected chi connectivity index (χ2v) is 8.81. The number of anilines is 1. The molecule has 18 heteroatoms. The van der Waals surface area contributed by atoms with Crippen molar-refractivity contribution in [3.8, 4) is 0 Å². The molecule has 2 heterocycles. The van der Waals surface area contributed by atoms with Crippen LogP contribution in [0.5, 0.6) is 0 Å². The molecule has 2 aromatic rings. The van der Waals surface area contributed by atoms with Gasteiger partial charge in [0.15, 0.2) is 5.03 Å². The number of hydrogen-bond acceptors (Lipinski definition) is 9. The fourth-order valence-corrected chi connectivity index (χ4v) is 3.69. The zero-order chi connectivity index (χ0) is 27.3. The van der Waals surface area contributed by atoms with Crippen LogP contribution in [0, 0.1) is 0 Å². The Balaban J connectivity index is 2.63. The molecule has 0 aliphatic rings. The number of halogens is 3. The molecular formula is C18H20F3N7O7S. The van der Waals surface area contributed by atoms with Crippen molar-refractivity contribution >= 4 is 33.5 Å². The first-order valence-electron chi connectivity index (χ1n) is 9.60. The fraction of sp³-hybridized carbons (Fsp3) is 0.278. The van der Waals surface area contributed by atoms with Crippen LogP contribution < -0.4 is 32.3 Å². The van der Waals surface area contributed by atoms with Crippen LogP contribution in [0.4, 0.5) is 18.9 Å². The van der Waals surface area contributed by atoms with Gasteiger partial charge in [-0.05, 0) is 36.3 Å². The Hall–Kier alpha value is -4.35. The number of nitrogens with two attached hydrogens (primary N) is 3. The number of alkyl halides is 3. The van der Waals surface area contributed by atoms with Crippen molar-refractivity contribution in [3.05, 3.63) is 52.6 Å². The number of guanidine groups is 1. The molecule has 0 spiro atoms. The highest BCUT2D eigenvalue weighted by Crippen LogP contribution is 2.28. The number of rotatable bonds is 10. The highest BCUT2D eigenvalue weighted by molar-refractivity contribution is 7.92. The normalized spacial score (nSPS) is 13.2. The zero-order valence-electron chi connectivity index (χ0n) is 18.4. The molecule has 1 unspecified atom stereocenters. The third kappa shape index (κ3) is 6.40. The first kappa shape index (κ1) is 27.9. The molecule has 0 saturated carbocycles. The first-order chi connectivity index (χ1) is 16.6. The van der Waals surface area contributed by atoms with Gasteiger partial charge in [0.05, 0.1) is 11.1 Å². The van der Waals surface area contributed by atoms with Gasteiger partial charge in [-0.3, -0.25) is 14.3 Å². The summed E-state index contributed by atoms with van der Waals surface area (Å²) in [7, 11) is -4.49. The van der Waals surface area contributed by atoms with Gasteiger partial charge in [0.2, 0.25) is 11.9 Å². The molecule has 0 aliphatic carbocycles. The van der Waals surface area contributed by atoms with Crippen LogP contribution in [-0.2, 0) is 29.9 Å². The quantitative estimate of drug-likeness (QED) is 0.124. The van der Waals surface area contributed by atoms with Crippen molar-refractivity contribution in [1.82, 2.24) is 9.71 Å². The molecule has 0 radical (unpaired) electrons. The molecule has 0 fully saturated rings. The lowest BCUT2D eigenvalue weighted by Gasteiger charge is -2.28. The van der Waals surface area contributed by atoms with E-state index in [0.717, 1.165) is 31.3 Å². The number of sulfonamides is 1. The molecule has 0 aliphatic heterocycles. The number of amides is 1. The molecule has 0 bridgehead atoms. The lowest BCUT2D eigenvalue weighted by Crippen LogP contribution is -2.48. The summed E-state index contributed by atoms with van der Waals surface area (Å²) < 4.78 is 65.5. The average Bonchev–Trinajstić information content (AvgIpc) is 2.78. The van der Waals surface area contributed by atoms with E-state index in [-0.39, 0.29) is 4.73 Å². The third-order valence-electron chi connectivity index (χ3n) is 4.58. The summed E-state index contributed by atoms with van der Waals surface area (Å²) in [6.07, 6.45) is -4.83. The SMILES string of the molecule is CC(CCON=C(N)N)(C(N)=O)c1ccc(NS(=O)(=O)c2ccccn2)c(=O)n1OC(=O)C(F)(F)F. The van der Waals surface area contributed by atoms with E-state index in [1.54, 1.807) is 0 Å². The minimum Gasteiger partial charge on any atom is -0.393 e. The zero-order valence-corrected chi connectivity index (χ0v) is 19.2. The van der Waals surface area contributed by atoms with Crippen LogP contribution in [0.15, 0.2) is 51.5 Å². The maximum atomic E-state index is 13.0. The minimum atomic E-state index is -5.56. The van der Waals surface area contributed by atoms with E-state index in [1.165, 1.54) is 12.1 Å². The van der Waals surface area contributed by atoms with Crippen molar-refractivity contribution in [1.29, 1.82) is 0 Å². The van der Waals surface area contributed by atoms with Crippen LogP contribution in [-0.4, -0.2) is 48.8 Å². The van der Waals surface area contributed by atoms with Gasteiger partial charge in [0.1, 0.15) is 12.3 Å². The third-order valence-corrected chi connectivity index (χ3v) is 5.86. The van der Waals surface area contributed by atoms with Crippen molar-refractivity contribution in [2.45, 2.75) is 30.0 Å². The number of oxime groups is 1. The molecule has 196 valence electrons. The van der Waals surface area contributed by atoms with Gasteiger partial charge in [-0.15, -0.1) is 4.73 Å². The highest BCUT2D eigenvalue weighted by atomic mass is 32.2. The standard InChI is InChI=1S/C18H20F3N7O7S/c1-17(14(22)30,7-9-34-26-16(23)24)11-6-5-10(13(29)28(11)35-15(31)18(19,20)21)27-36(32,33)12-4-2-3-8-25-12/h2-6,8,27H,7,9H2,1H3,(H2,22,30)(H4,23,24,26). The Morgan fingerprint density at radius 3 is 2.36 bits per heavy atom. The highest BCUT2D eigenvalue weighted by Gasteiger charge is 2.44. The summed E-state index contributed by atoms with van der Waals surface area (Å²) in [5, 5.41) is 2.70. The monoisotopic (exact) mass is 535 g/mol.